The molecule has 20 heavy (non-hydrogen) atoms. The van der Waals surface area contributed by atoms with E-state index in [0.717, 1.165) is 0 Å². The zero-order valence-corrected chi connectivity index (χ0v) is 13.2. The zero-order chi connectivity index (χ0) is 15.6. The Morgan fingerprint density at radius 3 is 2.35 bits per heavy atom. The highest BCUT2D eigenvalue weighted by Crippen LogP contribution is 2.20. The van der Waals surface area contributed by atoms with Crippen LogP contribution in [0.1, 0.15) is 64.4 Å². The third-order valence-corrected chi connectivity index (χ3v) is 2.75. The second-order valence-corrected chi connectivity index (χ2v) is 7.39. The molecule has 0 saturated heterocycles. The summed E-state index contributed by atoms with van der Waals surface area (Å²) in [5.41, 5.74) is -0.161. The van der Waals surface area contributed by atoms with Crippen LogP contribution in [0.4, 0.5) is 0 Å². The van der Waals surface area contributed by atoms with Crippen molar-refractivity contribution in [2.45, 2.75) is 59.5 Å². The molecule has 1 amide bonds. The Morgan fingerprint density at radius 1 is 1.30 bits per heavy atom. The molecule has 114 valence electrons. The van der Waals surface area contributed by atoms with Crippen molar-refractivity contribution in [2.75, 3.05) is 6.54 Å². The van der Waals surface area contributed by atoms with E-state index in [9.17, 15) is 9.90 Å². The molecule has 1 rings (SSSR count). The summed E-state index contributed by atoms with van der Waals surface area (Å²) >= 11 is 0. The topological polar surface area (TPSA) is 90.9 Å². The van der Waals surface area contributed by atoms with Crippen molar-refractivity contribution in [1.82, 2.24) is 20.5 Å². The van der Waals surface area contributed by atoms with Crippen LogP contribution in [0.3, 0.4) is 0 Å². The highest BCUT2D eigenvalue weighted by atomic mass is 16.3. The quantitative estimate of drug-likeness (QED) is 0.782. The summed E-state index contributed by atoms with van der Waals surface area (Å²) in [7, 11) is 0. The number of hydrogen-bond donors (Lipinski definition) is 3. The van der Waals surface area contributed by atoms with Gasteiger partial charge in [0.25, 0.3) is 5.91 Å². The minimum atomic E-state index is -0.569. The second kappa shape index (κ2) is 5.91. The Bertz CT molecular complexity index is 454. The molecule has 1 heterocycles. The molecule has 6 nitrogen and oxygen atoms in total. The Labute approximate surface area is 120 Å². The van der Waals surface area contributed by atoms with Gasteiger partial charge in [0.05, 0.1) is 6.10 Å². The summed E-state index contributed by atoms with van der Waals surface area (Å²) in [5, 5.41) is 19.2. The molecule has 1 aromatic rings. The van der Waals surface area contributed by atoms with Gasteiger partial charge in [0.1, 0.15) is 5.82 Å². The summed E-state index contributed by atoms with van der Waals surface area (Å²) in [6.07, 6.45) is 0.0501. The molecule has 1 aromatic heterocycles. The van der Waals surface area contributed by atoms with Crippen molar-refractivity contribution in [3.63, 3.8) is 0 Å². The zero-order valence-electron chi connectivity index (χ0n) is 13.2. The van der Waals surface area contributed by atoms with E-state index in [1.807, 2.05) is 41.5 Å². The van der Waals surface area contributed by atoms with Crippen LogP contribution in [0.5, 0.6) is 0 Å². The number of aromatic amines is 1. The Balaban J connectivity index is 2.53. The summed E-state index contributed by atoms with van der Waals surface area (Å²) in [4.78, 5) is 16.1. The molecule has 6 heteroatoms. The summed E-state index contributed by atoms with van der Waals surface area (Å²) in [5.74, 6) is 0.403. The maximum atomic E-state index is 11.9. The molecule has 3 N–H and O–H groups in total. The van der Waals surface area contributed by atoms with Crippen LogP contribution in [0.25, 0.3) is 0 Å². The van der Waals surface area contributed by atoms with E-state index < -0.39 is 6.10 Å². The molecule has 0 bridgehead atoms. The lowest BCUT2D eigenvalue weighted by atomic mass is 9.89. The SMILES string of the molecule is CC(C)(C)CC(O)CNC(=O)c1n[nH]c(C(C)(C)C)n1. The highest BCUT2D eigenvalue weighted by molar-refractivity contribution is 5.90. The first-order valence-corrected chi connectivity index (χ1v) is 6.88. The molecule has 0 aliphatic carbocycles. The van der Waals surface area contributed by atoms with Crippen molar-refractivity contribution in [1.29, 1.82) is 0 Å². The van der Waals surface area contributed by atoms with Gasteiger partial charge in [-0.2, -0.15) is 0 Å². The molecule has 0 radical (unpaired) electrons. The Morgan fingerprint density at radius 2 is 1.90 bits per heavy atom. The molecule has 0 saturated carbocycles. The van der Waals surface area contributed by atoms with Gasteiger partial charge in [-0.05, 0) is 11.8 Å². The smallest absolute Gasteiger partial charge is 0.291 e. The Kier molecular flexibility index (Phi) is 4.91. The van der Waals surface area contributed by atoms with Gasteiger partial charge < -0.3 is 10.4 Å². The van der Waals surface area contributed by atoms with E-state index in [1.54, 1.807) is 0 Å². The first-order chi connectivity index (χ1) is 8.99. The number of aromatic nitrogens is 3. The van der Waals surface area contributed by atoms with E-state index in [-0.39, 0.29) is 29.1 Å². The van der Waals surface area contributed by atoms with Gasteiger partial charge in [-0.15, -0.1) is 5.10 Å². The second-order valence-electron chi connectivity index (χ2n) is 7.39. The number of rotatable bonds is 4. The molecular weight excluding hydrogens is 256 g/mol. The van der Waals surface area contributed by atoms with Crippen molar-refractivity contribution in [2.24, 2.45) is 5.41 Å². The number of nitrogens with zero attached hydrogens (tertiary/aromatic N) is 2. The maximum absolute atomic E-state index is 11.9. The third-order valence-electron chi connectivity index (χ3n) is 2.75. The average Bonchev–Trinajstić information content (AvgIpc) is 2.72. The van der Waals surface area contributed by atoms with Crippen molar-refractivity contribution in [3.8, 4) is 0 Å². The van der Waals surface area contributed by atoms with E-state index in [2.05, 4.69) is 20.5 Å². The van der Waals surface area contributed by atoms with Gasteiger partial charge >= 0.3 is 0 Å². The molecule has 0 fully saturated rings. The van der Waals surface area contributed by atoms with E-state index in [4.69, 9.17) is 0 Å². The predicted molar refractivity (Wildman–Crippen MR) is 77.5 cm³/mol. The largest absolute Gasteiger partial charge is 0.391 e. The van der Waals surface area contributed by atoms with Crippen molar-refractivity contribution in [3.05, 3.63) is 11.6 Å². The number of carbonyl (C=O) groups excluding carboxylic acids is 1. The predicted octanol–water partition coefficient (Wildman–Crippen LogP) is 1.63. The van der Waals surface area contributed by atoms with Crippen LogP contribution in [0.15, 0.2) is 0 Å². The average molecular weight is 282 g/mol. The van der Waals surface area contributed by atoms with Crippen molar-refractivity contribution < 1.29 is 9.90 Å². The number of nitrogens with one attached hydrogen (secondary N) is 2. The monoisotopic (exact) mass is 282 g/mol. The fourth-order valence-corrected chi connectivity index (χ4v) is 1.77. The van der Waals surface area contributed by atoms with Crippen LogP contribution in [-0.4, -0.2) is 38.8 Å². The van der Waals surface area contributed by atoms with Crippen LogP contribution in [0.2, 0.25) is 0 Å². The lowest BCUT2D eigenvalue weighted by Gasteiger charge is -2.22. The van der Waals surface area contributed by atoms with E-state index >= 15 is 0 Å². The summed E-state index contributed by atoms with van der Waals surface area (Å²) in [6, 6.07) is 0. The first kappa shape index (κ1) is 16.6. The highest BCUT2D eigenvalue weighted by Gasteiger charge is 2.22. The Hall–Kier alpha value is -1.43. The molecule has 1 atom stereocenters. The maximum Gasteiger partial charge on any atom is 0.291 e. The first-order valence-electron chi connectivity index (χ1n) is 6.88. The lowest BCUT2D eigenvalue weighted by Crippen LogP contribution is -2.34. The fraction of sp³-hybridized carbons (Fsp3) is 0.786. The number of amides is 1. The van der Waals surface area contributed by atoms with Crippen LogP contribution < -0.4 is 5.32 Å². The molecule has 0 aliphatic rings. The van der Waals surface area contributed by atoms with Gasteiger partial charge in [0, 0.05) is 12.0 Å². The minimum absolute atomic E-state index is 0.0220. The number of carbonyl (C=O) groups is 1. The normalized spacial score (nSPS) is 14.2. The molecule has 0 aromatic carbocycles. The van der Waals surface area contributed by atoms with Crippen molar-refractivity contribution >= 4 is 5.91 Å². The standard InChI is InChI=1S/C14H26N4O2/c1-13(2,3)7-9(19)8-15-11(20)10-16-12(18-17-10)14(4,5)6/h9,19H,7-8H2,1-6H3,(H,15,20)(H,16,17,18). The molecule has 0 spiro atoms. The van der Waals surface area contributed by atoms with E-state index in [1.165, 1.54) is 0 Å². The van der Waals surface area contributed by atoms with Gasteiger partial charge in [-0.25, -0.2) is 4.98 Å². The third kappa shape index (κ3) is 5.28. The summed E-state index contributed by atoms with van der Waals surface area (Å²) < 4.78 is 0. The van der Waals surface area contributed by atoms with Crippen LogP contribution in [-0.2, 0) is 5.41 Å². The number of aliphatic hydroxyl groups excluding tert-OH is 1. The van der Waals surface area contributed by atoms with Gasteiger partial charge in [0.2, 0.25) is 5.82 Å². The molecule has 0 aliphatic heterocycles. The number of hydrogen-bond acceptors (Lipinski definition) is 4. The van der Waals surface area contributed by atoms with E-state index in [0.29, 0.717) is 12.2 Å². The fourth-order valence-electron chi connectivity index (χ4n) is 1.77. The van der Waals surface area contributed by atoms with Gasteiger partial charge in [0.15, 0.2) is 0 Å². The minimum Gasteiger partial charge on any atom is -0.391 e. The molecule has 1 unspecified atom stereocenters. The number of H-pyrrole nitrogens is 1. The summed E-state index contributed by atoms with van der Waals surface area (Å²) in [6.45, 7) is 12.3. The number of aliphatic hydroxyl groups is 1. The van der Waals surface area contributed by atoms with Crippen LogP contribution in [0, 0.1) is 5.41 Å². The lowest BCUT2D eigenvalue weighted by molar-refractivity contribution is 0.0860. The van der Waals surface area contributed by atoms with Crippen LogP contribution >= 0.6 is 0 Å². The van der Waals surface area contributed by atoms with Gasteiger partial charge in [-0.3, -0.25) is 9.89 Å². The molecular formula is C14H26N4O2. The van der Waals surface area contributed by atoms with Gasteiger partial charge in [-0.1, -0.05) is 41.5 Å².